The van der Waals surface area contributed by atoms with Crippen LogP contribution >= 0.6 is 11.3 Å². The fourth-order valence-corrected chi connectivity index (χ4v) is 5.94. The Bertz CT molecular complexity index is 755. The molecule has 1 heterocycles. The highest BCUT2D eigenvalue weighted by atomic mass is 32.1. The van der Waals surface area contributed by atoms with Gasteiger partial charge in [-0.05, 0) is 69.8 Å². The Labute approximate surface area is 203 Å². The Kier molecular flexibility index (Phi) is 12.2. The first-order chi connectivity index (χ1) is 16.0. The molecule has 2 rings (SSSR count). The molecule has 0 aromatic carbocycles. The lowest BCUT2D eigenvalue weighted by Gasteiger charge is -2.36. The van der Waals surface area contributed by atoms with E-state index in [2.05, 4.69) is 19.0 Å². The molecule has 1 aromatic rings. The van der Waals surface area contributed by atoms with Gasteiger partial charge in [0.15, 0.2) is 0 Å². The predicted molar refractivity (Wildman–Crippen MR) is 136 cm³/mol. The molecule has 1 aromatic heterocycles. The number of nitroso groups, excluding NO2 is 1. The minimum absolute atomic E-state index is 0.0546. The van der Waals surface area contributed by atoms with Crippen LogP contribution in [0.5, 0.6) is 0 Å². The summed E-state index contributed by atoms with van der Waals surface area (Å²) >= 11 is 1.31. The van der Waals surface area contributed by atoms with Crippen molar-refractivity contribution in [3.05, 3.63) is 20.7 Å². The third kappa shape index (κ3) is 7.99. The second-order valence-corrected chi connectivity index (χ2v) is 10.7. The highest BCUT2D eigenvalue weighted by Crippen LogP contribution is 2.38. The first-order valence-corrected chi connectivity index (χ1v) is 13.7. The summed E-state index contributed by atoms with van der Waals surface area (Å²) in [6.45, 7) is 6.52. The third-order valence-electron chi connectivity index (χ3n) is 6.96. The van der Waals surface area contributed by atoms with Crippen molar-refractivity contribution in [2.45, 2.75) is 110 Å². The molecule has 0 radical (unpaired) electrons. The van der Waals surface area contributed by atoms with Crippen LogP contribution in [0.1, 0.15) is 112 Å². The fourth-order valence-electron chi connectivity index (χ4n) is 4.87. The Balaban J connectivity index is 2.36. The molecule has 0 aliphatic heterocycles. The second-order valence-electron chi connectivity index (χ2n) is 9.58. The number of unbranched alkanes of at least 4 members (excludes halogenated alkanes) is 4. The maximum atomic E-state index is 13.8. The van der Waals surface area contributed by atoms with E-state index < -0.39 is 5.91 Å². The van der Waals surface area contributed by atoms with Gasteiger partial charge in [-0.25, -0.2) is 0 Å². The van der Waals surface area contributed by atoms with Crippen LogP contribution in [0.2, 0.25) is 0 Å². The van der Waals surface area contributed by atoms with E-state index in [-0.39, 0.29) is 29.4 Å². The van der Waals surface area contributed by atoms with Crippen LogP contribution in [0, 0.1) is 16.7 Å². The van der Waals surface area contributed by atoms with Crippen molar-refractivity contribution in [1.82, 2.24) is 0 Å². The standard InChI is InChI=1S/C26H42N2O4S/c1-4-6-7-8-9-12-22-18-23(24(33-22)25(30)27-32)28(21(5-2)11-10-17-29)26(31)20-15-13-19(3)14-16-20/h18-21,29H,4-17H2,1-3H3. The molecule has 0 bridgehead atoms. The molecule has 1 N–H and O–H groups in total. The van der Waals surface area contributed by atoms with Crippen molar-refractivity contribution in [2.24, 2.45) is 17.0 Å². The van der Waals surface area contributed by atoms with Crippen molar-refractivity contribution in [2.75, 3.05) is 11.5 Å². The lowest BCUT2D eigenvalue weighted by atomic mass is 9.82. The van der Waals surface area contributed by atoms with Crippen molar-refractivity contribution < 1.29 is 14.7 Å². The number of aliphatic hydroxyl groups excluding tert-OH is 1. The smallest absolute Gasteiger partial charge is 0.328 e. The summed E-state index contributed by atoms with van der Waals surface area (Å²) in [5.74, 6) is -0.164. The summed E-state index contributed by atoms with van der Waals surface area (Å²) in [6, 6.07) is 1.84. The van der Waals surface area contributed by atoms with Crippen molar-refractivity contribution in [3.8, 4) is 0 Å². The summed E-state index contributed by atoms with van der Waals surface area (Å²) in [5.41, 5.74) is 0.557. The number of aliphatic hydroxyl groups is 1. The van der Waals surface area contributed by atoms with Crippen molar-refractivity contribution in [1.29, 1.82) is 0 Å². The van der Waals surface area contributed by atoms with E-state index in [9.17, 15) is 19.6 Å². The minimum atomic E-state index is -0.792. The lowest BCUT2D eigenvalue weighted by molar-refractivity contribution is -0.124. The molecule has 1 aliphatic rings. The SMILES string of the molecule is CCCCCCCc1cc(N(C(=O)C2CCC(C)CC2)C(CC)CCCO)c(C(=O)N=O)s1. The van der Waals surface area contributed by atoms with Crippen LogP contribution < -0.4 is 4.90 Å². The zero-order valence-electron chi connectivity index (χ0n) is 20.7. The second kappa shape index (κ2) is 14.6. The number of carbonyl (C=O) groups is 2. The van der Waals surface area contributed by atoms with Crippen LogP contribution in [0.25, 0.3) is 0 Å². The molecule has 2 amide bonds. The van der Waals surface area contributed by atoms with Crippen LogP contribution in [0.3, 0.4) is 0 Å². The van der Waals surface area contributed by atoms with E-state index in [0.717, 1.165) is 56.2 Å². The van der Waals surface area contributed by atoms with E-state index in [1.165, 1.54) is 30.6 Å². The molecule has 1 aliphatic carbocycles. The number of amides is 2. The highest BCUT2D eigenvalue weighted by molar-refractivity contribution is 7.14. The molecule has 1 atom stereocenters. The number of rotatable bonds is 14. The molecule has 1 fully saturated rings. The van der Waals surface area contributed by atoms with Gasteiger partial charge >= 0.3 is 5.91 Å². The van der Waals surface area contributed by atoms with E-state index in [1.54, 1.807) is 4.90 Å². The topological polar surface area (TPSA) is 87.0 Å². The Hall–Kier alpha value is -1.60. The third-order valence-corrected chi connectivity index (χ3v) is 8.13. The van der Waals surface area contributed by atoms with Gasteiger partial charge in [-0.2, -0.15) is 0 Å². The number of anilines is 1. The number of nitrogens with zero attached hydrogens (tertiary/aromatic N) is 2. The maximum absolute atomic E-state index is 13.8. The summed E-state index contributed by atoms with van der Waals surface area (Å²) in [6.07, 6.45) is 12.4. The van der Waals surface area contributed by atoms with Crippen molar-refractivity contribution >= 4 is 28.8 Å². The number of carbonyl (C=O) groups excluding carboxylic acids is 2. The first kappa shape index (κ1) is 27.6. The summed E-state index contributed by atoms with van der Waals surface area (Å²) in [4.78, 5) is 40.6. The van der Waals surface area contributed by atoms with E-state index in [0.29, 0.717) is 24.4 Å². The molecule has 33 heavy (non-hydrogen) atoms. The molecule has 0 saturated heterocycles. The highest BCUT2D eigenvalue weighted by Gasteiger charge is 2.35. The maximum Gasteiger partial charge on any atom is 0.328 e. The lowest BCUT2D eigenvalue weighted by Crippen LogP contribution is -2.45. The van der Waals surface area contributed by atoms with Gasteiger partial charge in [-0.3, -0.25) is 9.59 Å². The van der Waals surface area contributed by atoms with Crippen LogP contribution in [-0.4, -0.2) is 29.6 Å². The molecule has 7 heteroatoms. The fraction of sp³-hybridized carbons (Fsp3) is 0.769. The normalized spacial score (nSPS) is 19.3. The number of hydrogen-bond acceptors (Lipinski definition) is 5. The van der Waals surface area contributed by atoms with Gasteiger partial charge in [0.25, 0.3) is 0 Å². The van der Waals surface area contributed by atoms with E-state index >= 15 is 0 Å². The summed E-state index contributed by atoms with van der Waals surface area (Å²) < 4.78 is 0. The number of hydrogen-bond donors (Lipinski definition) is 1. The average Bonchev–Trinajstić information content (AvgIpc) is 3.24. The Morgan fingerprint density at radius 3 is 2.42 bits per heavy atom. The molecule has 6 nitrogen and oxygen atoms in total. The average molecular weight is 479 g/mol. The largest absolute Gasteiger partial charge is 0.396 e. The molecule has 1 unspecified atom stereocenters. The van der Waals surface area contributed by atoms with Gasteiger partial charge < -0.3 is 10.0 Å². The number of aryl methyl sites for hydroxylation is 1. The molecule has 0 spiro atoms. The molecular weight excluding hydrogens is 436 g/mol. The van der Waals surface area contributed by atoms with Crippen LogP contribution in [0.4, 0.5) is 5.69 Å². The zero-order valence-corrected chi connectivity index (χ0v) is 21.5. The van der Waals surface area contributed by atoms with Gasteiger partial charge in [-0.15, -0.1) is 16.2 Å². The minimum Gasteiger partial charge on any atom is -0.396 e. The van der Waals surface area contributed by atoms with Crippen molar-refractivity contribution in [3.63, 3.8) is 0 Å². The zero-order chi connectivity index (χ0) is 24.2. The quantitative estimate of drug-likeness (QED) is 0.233. The van der Waals surface area contributed by atoms with Gasteiger partial charge in [0, 0.05) is 28.6 Å². The Morgan fingerprint density at radius 1 is 1.12 bits per heavy atom. The predicted octanol–water partition coefficient (Wildman–Crippen LogP) is 6.88. The van der Waals surface area contributed by atoms with Gasteiger partial charge in [0.05, 0.1) is 5.69 Å². The summed E-state index contributed by atoms with van der Waals surface area (Å²) in [7, 11) is 0. The van der Waals surface area contributed by atoms with Gasteiger partial charge in [-0.1, -0.05) is 46.5 Å². The van der Waals surface area contributed by atoms with Gasteiger partial charge in [0.1, 0.15) is 4.88 Å². The van der Waals surface area contributed by atoms with E-state index in [4.69, 9.17) is 0 Å². The van der Waals surface area contributed by atoms with Crippen LogP contribution in [-0.2, 0) is 11.2 Å². The van der Waals surface area contributed by atoms with E-state index in [1.807, 2.05) is 13.0 Å². The summed E-state index contributed by atoms with van der Waals surface area (Å²) in [5, 5.41) is 12.1. The van der Waals surface area contributed by atoms with Gasteiger partial charge in [0.2, 0.25) is 5.91 Å². The monoisotopic (exact) mass is 478 g/mol. The first-order valence-electron chi connectivity index (χ1n) is 12.9. The number of thiophene rings is 1. The molecule has 186 valence electrons. The Morgan fingerprint density at radius 2 is 1.82 bits per heavy atom. The van der Waals surface area contributed by atoms with Crippen LogP contribution in [0.15, 0.2) is 11.2 Å². The molecular formula is C26H42N2O4S. The molecule has 1 saturated carbocycles.